The molecule has 31 heavy (non-hydrogen) atoms. The zero-order valence-corrected chi connectivity index (χ0v) is 17.4. The van der Waals surface area contributed by atoms with E-state index in [0.29, 0.717) is 33.5 Å². The number of ether oxygens (including phenoxy) is 1. The highest BCUT2D eigenvalue weighted by Gasteiger charge is 2.10. The first-order valence-corrected chi connectivity index (χ1v) is 9.90. The van der Waals surface area contributed by atoms with Gasteiger partial charge in [-0.3, -0.25) is 9.20 Å². The number of hydrogen-bond donors (Lipinski definition) is 2. The van der Waals surface area contributed by atoms with Crippen molar-refractivity contribution in [1.29, 1.82) is 0 Å². The van der Waals surface area contributed by atoms with E-state index in [-0.39, 0.29) is 12.2 Å². The number of carbonyl (C=O) groups excluding carboxylic acids is 1. The normalized spacial score (nSPS) is 10.6. The van der Waals surface area contributed by atoms with Gasteiger partial charge in [-0.25, -0.2) is 9.78 Å². The minimum Gasteiger partial charge on any atom is -0.485 e. The molecule has 2 aromatic carbocycles. The molecular weight excluding hydrogens is 416 g/mol. The maximum absolute atomic E-state index is 12.4. The first kappa shape index (κ1) is 20.4. The molecule has 0 aliphatic rings. The quantitative estimate of drug-likeness (QED) is 0.469. The van der Waals surface area contributed by atoms with Gasteiger partial charge in [-0.05, 0) is 48.9 Å². The number of fused-ring (bicyclic) bond motifs is 1. The fourth-order valence-electron chi connectivity index (χ4n) is 3.03. The van der Waals surface area contributed by atoms with E-state index in [2.05, 4.69) is 15.6 Å². The van der Waals surface area contributed by atoms with Crippen LogP contribution in [0.5, 0.6) is 5.75 Å². The molecule has 0 bridgehead atoms. The minimum absolute atomic E-state index is 0.0776. The number of pyridine rings is 1. The van der Waals surface area contributed by atoms with E-state index in [1.54, 1.807) is 60.8 Å². The van der Waals surface area contributed by atoms with Gasteiger partial charge >= 0.3 is 6.03 Å². The Bertz CT molecular complexity index is 1320. The van der Waals surface area contributed by atoms with E-state index in [1.807, 2.05) is 13.0 Å². The highest BCUT2D eigenvalue weighted by molar-refractivity contribution is 6.30. The van der Waals surface area contributed by atoms with Crippen LogP contribution < -0.4 is 20.9 Å². The standard InChI is InChI=1S/C23H19ClN4O3/c1-15-9-10-21-25-18(12-22(29)28(21)13-15)14-31-20-8-3-2-7-19(20)27-23(30)26-17-6-4-5-16(24)11-17/h2-13H,14H2,1H3,(H2,26,27,30). The van der Waals surface area contributed by atoms with Crippen molar-refractivity contribution >= 4 is 34.7 Å². The second kappa shape index (κ2) is 8.89. The number of anilines is 2. The molecule has 0 unspecified atom stereocenters. The summed E-state index contributed by atoms with van der Waals surface area (Å²) >= 11 is 5.95. The molecular formula is C23H19ClN4O3. The molecule has 0 fully saturated rings. The molecule has 7 nitrogen and oxygen atoms in total. The lowest BCUT2D eigenvalue weighted by Crippen LogP contribution is -2.20. The first-order chi connectivity index (χ1) is 15.0. The second-order valence-corrected chi connectivity index (χ2v) is 7.33. The Labute approximate surface area is 183 Å². The molecule has 0 radical (unpaired) electrons. The van der Waals surface area contributed by atoms with Gasteiger partial charge in [0.2, 0.25) is 0 Å². The van der Waals surface area contributed by atoms with Crippen LogP contribution in [-0.2, 0) is 6.61 Å². The Morgan fingerprint density at radius 2 is 1.90 bits per heavy atom. The van der Waals surface area contributed by atoms with E-state index in [9.17, 15) is 9.59 Å². The van der Waals surface area contributed by atoms with Crippen molar-refractivity contribution in [2.24, 2.45) is 0 Å². The molecule has 0 saturated carbocycles. The molecule has 8 heteroatoms. The summed E-state index contributed by atoms with van der Waals surface area (Å²) in [6, 6.07) is 18.6. The zero-order chi connectivity index (χ0) is 21.8. The highest BCUT2D eigenvalue weighted by Crippen LogP contribution is 2.25. The number of amides is 2. The van der Waals surface area contributed by atoms with Crippen molar-refractivity contribution in [1.82, 2.24) is 9.38 Å². The van der Waals surface area contributed by atoms with Gasteiger partial charge in [0.15, 0.2) is 0 Å². The number of benzene rings is 2. The maximum atomic E-state index is 12.4. The maximum Gasteiger partial charge on any atom is 0.323 e. The lowest BCUT2D eigenvalue weighted by molar-refractivity contribution is 0.261. The first-order valence-electron chi connectivity index (χ1n) is 9.52. The Balaban J connectivity index is 1.47. The predicted octanol–water partition coefficient (Wildman–Crippen LogP) is 4.88. The van der Waals surface area contributed by atoms with Crippen molar-refractivity contribution in [2.45, 2.75) is 13.5 Å². The molecule has 0 aliphatic heterocycles. The summed E-state index contributed by atoms with van der Waals surface area (Å²) in [5.41, 5.74) is 2.88. The molecule has 4 rings (SSSR count). The third kappa shape index (κ3) is 5.02. The van der Waals surface area contributed by atoms with Crippen LogP contribution in [0, 0.1) is 6.92 Å². The summed E-state index contributed by atoms with van der Waals surface area (Å²) in [5, 5.41) is 6.00. The third-order valence-corrected chi connectivity index (χ3v) is 4.69. The van der Waals surface area contributed by atoms with Crippen LogP contribution in [0.2, 0.25) is 5.02 Å². The van der Waals surface area contributed by atoms with Crippen molar-refractivity contribution in [3.63, 3.8) is 0 Å². The highest BCUT2D eigenvalue weighted by atomic mass is 35.5. The fraction of sp³-hybridized carbons (Fsp3) is 0.0870. The fourth-order valence-corrected chi connectivity index (χ4v) is 3.22. The number of rotatable bonds is 5. The molecule has 2 amide bonds. The average molecular weight is 435 g/mol. The average Bonchev–Trinajstić information content (AvgIpc) is 2.73. The number of carbonyl (C=O) groups is 1. The van der Waals surface area contributed by atoms with Crippen LogP contribution >= 0.6 is 11.6 Å². The monoisotopic (exact) mass is 434 g/mol. The van der Waals surface area contributed by atoms with Crippen molar-refractivity contribution in [2.75, 3.05) is 10.6 Å². The van der Waals surface area contributed by atoms with Crippen LogP contribution in [0.3, 0.4) is 0 Å². The molecule has 0 saturated heterocycles. The lowest BCUT2D eigenvalue weighted by Gasteiger charge is -2.13. The van der Waals surface area contributed by atoms with Crippen LogP contribution in [0.1, 0.15) is 11.3 Å². The number of urea groups is 1. The molecule has 2 N–H and O–H groups in total. The predicted molar refractivity (Wildman–Crippen MR) is 121 cm³/mol. The minimum atomic E-state index is -0.434. The van der Waals surface area contributed by atoms with Crippen LogP contribution in [-0.4, -0.2) is 15.4 Å². The number of nitrogens with one attached hydrogen (secondary N) is 2. The molecule has 0 aliphatic carbocycles. The summed E-state index contributed by atoms with van der Waals surface area (Å²) in [5.74, 6) is 0.453. The van der Waals surface area contributed by atoms with Gasteiger partial charge < -0.3 is 15.4 Å². The molecule has 4 aromatic rings. The summed E-state index contributed by atoms with van der Waals surface area (Å²) in [6.45, 7) is 1.99. The van der Waals surface area contributed by atoms with Gasteiger partial charge in [-0.15, -0.1) is 0 Å². The number of para-hydroxylation sites is 2. The van der Waals surface area contributed by atoms with E-state index < -0.39 is 6.03 Å². The number of halogens is 1. The zero-order valence-electron chi connectivity index (χ0n) is 16.6. The van der Waals surface area contributed by atoms with Crippen molar-refractivity contribution < 1.29 is 9.53 Å². The number of aromatic nitrogens is 2. The van der Waals surface area contributed by atoms with Gasteiger partial charge in [0, 0.05) is 23.0 Å². The third-order valence-electron chi connectivity index (χ3n) is 4.45. The number of aryl methyl sites for hydroxylation is 1. The Morgan fingerprint density at radius 3 is 2.74 bits per heavy atom. The number of hydrogen-bond acceptors (Lipinski definition) is 4. The Hall–Kier alpha value is -3.84. The van der Waals surface area contributed by atoms with Crippen LogP contribution in [0.25, 0.3) is 5.65 Å². The van der Waals surface area contributed by atoms with Crippen molar-refractivity contribution in [3.05, 3.63) is 99.6 Å². The molecule has 0 spiro atoms. The molecule has 0 atom stereocenters. The van der Waals surface area contributed by atoms with Gasteiger partial charge in [0.25, 0.3) is 5.56 Å². The van der Waals surface area contributed by atoms with Gasteiger partial charge in [-0.1, -0.05) is 35.9 Å². The summed E-state index contributed by atoms with van der Waals surface area (Å²) in [7, 11) is 0. The summed E-state index contributed by atoms with van der Waals surface area (Å²) in [6.07, 6.45) is 1.74. The van der Waals surface area contributed by atoms with E-state index in [4.69, 9.17) is 16.3 Å². The Kier molecular flexibility index (Phi) is 5.86. The molecule has 2 aromatic heterocycles. The van der Waals surface area contributed by atoms with Gasteiger partial charge in [0.05, 0.1) is 11.4 Å². The van der Waals surface area contributed by atoms with E-state index in [1.165, 1.54) is 10.5 Å². The van der Waals surface area contributed by atoms with Crippen LogP contribution in [0.4, 0.5) is 16.2 Å². The largest absolute Gasteiger partial charge is 0.485 e. The Morgan fingerprint density at radius 1 is 1.06 bits per heavy atom. The van der Waals surface area contributed by atoms with Crippen molar-refractivity contribution in [3.8, 4) is 5.75 Å². The second-order valence-electron chi connectivity index (χ2n) is 6.89. The van der Waals surface area contributed by atoms with Crippen LogP contribution in [0.15, 0.2) is 77.7 Å². The number of nitrogens with zero attached hydrogens (tertiary/aromatic N) is 2. The molecule has 2 heterocycles. The summed E-state index contributed by atoms with van der Waals surface area (Å²) in [4.78, 5) is 29.2. The van der Waals surface area contributed by atoms with E-state index >= 15 is 0 Å². The van der Waals surface area contributed by atoms with Gasteiger partial charge in [0.1, 0.15) is 18.0 Å². The smallest absolute Gasteiger partial charge is 0.323 e. The van der Waals surface area contributed by atoms with E-state index in [0.717, 1.165) is 5.56 Å². The topological polar surface area (TPSA) is 84.7 Å². The molecule has 156 valence electrons. The SMILES string of the molecule is Cc1ccc2nc(COc3ccccc3NC(=O)Nc3cccc(Cl)c3)cc(=O)n2c1. The van der Waals surface area contributed by atoms with Gasteiger partial charge in [-0.2, -0.15) is 0 Å². The lowest BCUT2D eigenvalue weighted by atomic mass is 10.3. The summed E-state index contributed by atoms with van der Waals surface area (Å²) < 4.78 is 7.34.